The monoisotopic (exact) mass is 368 g/mol. The molecule has 0 amide bonds. The molecule has 0 aromatic carbocycles. The largest absolute Gasteiger partial charge is 0.373 e. The van der Waals surface area contributed by atoms with Gasteiger partial charge < -0.3 is 9.47 Å². The second-order valence-electron chi connectivity index (χ2n) is 8.44. The predicted molar refractivity (Wildman–Crippen MR) is 114 cm³/mol. The summed E-state index contributed by atoms with van der Waals surface area (Å²) in [5.74, 6) is 0. The topological polar surface area (TPSA) is 25.1 Å². The Morgan fingerprint density at radius 1 is 0.462 bits per heavy atom. The lowest BCUT2D eigenvalue weighted by molar-refractivity contribution is 0.387. The van der Waals surface area contributed by atoms with Crippen molar-refractivity contribution in [3.8, 4) is 0 Å². The fraction of sp³-hybridized carbons (Fsp3) is 1.00. The number of ether oxygens (including phenoxy) is 2. The summed E-state index contributed by atoms with van der Waals surface area (Å²) in [6.07, 6.45) is 26.7. The second-order valence-corrected chi connectivity index (χ2v) is 8.44. The Hall–Kier alpha value is -0.0800. The lowest BCUT2D eigenvalue weighted by Crippen LogP contribution is -1.86. The summed E-state index contributed by atoms with van der Waals surface area (Å²) in [7, 11) is 0. The third-order valence-corrected chi connectivity index (χ3v) is 5.56. The number of epoxide rings is 2. The molecule has 0 spiro atoms. The van der Waals surface area contributed by atoms with E-state index in [9.17, 15) is 0 Å². The summed E-state index contributed by atoms with van der Waals surface area (Å²) < 4.78 is 10.3. The normalized spacial score (nSPS) is 20.5. The van der Waals surface area contributed by atoms with Gasteiger partial charge in [0.2, 0.25) is 0 Å². The summed E-state index contributed by atoms with van der Waals surface area (Å²) in [4.78, 5) is 0. The van der Waals surface area contributed by atoms with Crippen molar-refractivity contribution in [2.45, 2.75) is 142 Å². The number of unbranched alkanes of at least 4 members (excludes halogenated alkanes) is 14. The average Bonchev–Trinajstić information content (AvgIpc) is 3.55. The zero-order valence-electron chi connectivity index (χ0n) is 18.1. The smallest absolute Gasteiger partial charge is 0.0810 e. The van der Waals surface area contributed by atoms with Crippen molar-refractivity contribution in [2.75, 3.05) is 13.2 Å². The van der Waals surface area contributed by atoms with E-state index in [2.05, 4.69) is 13.8 Å². The molecule has 2 saturated heterocycles. The third kappa shape index (κ3) is 18.7. The molecule has 156 valence electrons. The van der Waals surface area contributed by atoms with Crippen LogP contribution in [0.4, 0.5) is 0 Å². The lowest BCUT2D eigenvalue weighted by atomic mass is 10.1. The van der Waals surface area contributed by atoms with Crippen LogP contribution in [0.3, 0.4) is 0 Å². The first-order valence-electron chi connectivity index (χ1n) is 12.1. The molecule has 2 heterocycles. The first kappa shape index (κ1) is 24.0. The Bertz CT molecular complexity index is 271. The van der Waals surface area contributed by atoms with E-state index in [-0.39, 0.29) is 0 Å². The van der Waals surface area contributed by atoms with Crippen molar-refractivity contribution >= 4 is 0 Å². The highest BCUT2D eigenvalue weighted by Gasteiger charge is 2.21. The molecule has 2 aliphatic heterocycles. The van der Waals surface area contributed by atoms with Crippen LogP contribution >= 0.6 is 0 Å². The van der Waals surface area contributed by atoms with Gasteiger partial charge in [0, 0.05) is 0 Å². The fourth-order valence-corrected chi connectivity index (χ4v) is 3.48. The molecule has 0 saturated carbocycles. The van der Waals surface area contributed by atoms with Crippen molar-refractivity contribution in [1.82, 2.24) is 0 Å². The molecule has 0 aromatic heterocycles. The molecule has 0 N–H and O–H groups in total. The lowest BCUT2D eigenvalue weighted by Gasteiger charge is -2.01. The summed E-state index contributed by atoms with van der Waals surface area (Å²) in [6, 6.07) is 0. The minimum Gasteiger partial charge on any atom is -0.373 e. The summed E-state index contributed by atoms with van der Waals surface area (Å²) in [6.45, 7) is 6.62. The minimum absolute atomic E-state index is 0.652. The molecule has 0 bridgehead atoms. The van der Waals surface area contributed by atoms with Gasteiger partial charge in [0.05, 0.1) is 25.4 Å². The first-order valence-corrected chi connectivity index (χ1v) is 12.1. The highest BCUT2D eigenvalue weighted by atomic mass is 16.6. The molecule has 0 radical (unpaired) electrons. The molecule has 0 aromatic rings. The molecule has 2 nitrogen and oxygen atoms in total. The van der Waals surface area contributed by atoms with Gasteiger partial charge in [-0.2, -0.15) is 0 Å². The highest BCUT2D eigenvalue weighted by molar-refractivity contribution is 4.68. The van der Waals surface area contributed by atoms with E-state index >= 15 is 0 Å². The summed E-state index contributed by atoms with van der Waals surface area (Å²) in [5.41, 5.74) is 0. The molecule has 2 heteroatoms. The number of hydrogen-bond acceptors (Lipinski definition) is 2. The maximum absolute atomic E-state index is 5.19. The molecule has 2 atom stereocenters. The van der Waals surface area contributed by atoms with Crippen LogP contribution in [0.25, 0.3) is 0 Å². The van der Waals surface area contributed by atoms with Gasteiger partial charge in [-0.3, -0.25) is 0 Å². The third-order valence-electron chi connectivity index (χ3n) is 5.56. The van der Waals surface area contributed by atoms with Crippen LogP contribution < -0.4 is 0 Å². The average molecular weight is 369 g/mol. The van der Waals surface area contributed by atoms with Crippen molar-refractivity contribution in [1.29, 1.82) is 0 Å². The van der Waals surface area contributed by atoms with Crippen molar-refractivity contribution < 1.29 is 9.47 Å². The molecule has 2 rings (SSSR count). The maximum Gasteiger partial charge on any atom is 0.0810 e. The standard InChI is InChI=1S/C14H28O.C10H20O/c1-2-3-4-5-6-7-8-9-10-11-12-14-13-15-14;1-2-3-4-5-6-7-8-10-9-11-10/h14H,2-13H2,1H3;10H,2-9H2,1H3. The predicted octanol–water partition coefficient (Wildman–Crippen LogP) is 7.83. The van der Waals surface area contributed by atoms with E-state index < -0.39 is 0 Å². The number of rotatable bonds is 18. The van der Waals surface area contributed by atoms with E-state index in [0.29, 0.717) is 12.2 Å². The van der Waals surface area contributed by atoms with E-state index in [1.54, 1.807) is 0 Å². The molecule has 0 aliphatic carbocycles. The maximum atomic E-state index is 5.19. The number of hydrogen-bond donors (Lipinski definition) is 0. The quantitative estimate of drug-likeness (QED) is 0.182. The van der Waals surface area contributed by atoms with Crippen molar-refractivity contribution in [3.05, 3.63) is 0 Å². The van der Waals surface area contributed by atoms with Crippen LogP contribution in [-0.2, 0) is 9.47 Å². The zero-order valence-corrected chi connectivity index (χ0v) is 18.1. The van der Waals surface area contributed by atoms with Crippen LogP contribution in [0, 0.1) is 0 Å². The van der Waals surface area contributed by atoms with Gasteiger partial charge in [-0.05, 0) is 12.8 Å². The van der Waals surface area contributed by atoms with Crippen molar-refractivity contribution in [3.63, 3.8) is 0 Å². The van der Waals surface area contributed by atoms with Gasteiger partial charge in [-0.15, -0.1) is 0 Å². The van der Waals surface area contributed by atoms with Gasteiger partial charge >= 0.3 is 0 Å². The zero-order chi connectivity index (χ0) is 18.7. The van der Waals surface area contributed by atoms with E-state index in [4.69, 9.17) is 9.47 Å². The summed E-state index contributed by atoms with van der Waals surface area (Å²) in [5, 5.41) is 0. The molecule has 2 fully saturated rings. The van der Waals surface area contributed by atoms with Gasteiger partial charge in [0.1, 0.15) is 0 Å². The molecular weight excluding hydrogens is 320 g/mol. The summed E-state index contributed by atoms with van der Waals surface area (Å²) >= 11 is 0. The Morgan fingerprint density at radius 3 is 1.00 bits per heavy atom. The minimum atomic E-state index is 0.652. The van der Waals surface area contributed by atoms with Gasteiger partial charge in [-0.1, -0.05) is 117 Å². The first-order chi connectivity index (χ1) is 12.9. The van der Waals surface area contributed by atoms with Crippen LogP contribution in [0.1, 0.15) is 129 Å². The Balaban J connectivity index is 0.000000273. The molecule has 2 aliphatic rings. The molecule has 26 heavy (non-hydrogen) atoms. The van der Waals surface area contributed by atoms with E-state index in [1.807, 2.05) is 0 Å². The van der Waals surface area contributed by atoms with Crippen molar-refractivity contribution in [2.24, 2.45) is 0 Å². The van der Waals surface area contributed by atoms with E-state index in [0.717, 1.165) is 13.2 Å². The van der Waals surface area contributed by atoms with E-state index in [1.165, 1.54) is 116 Å². The van der Waals surface area contributed by atoms with Crippen LogP contribution in [0.2, 0.25) is 0 Å². The second kappa shape index (κ2) is 18.3. The van der Waals surface area contributed by atoms with Gasteiger partial charge in [0.25, 0.3) is 0 Å². The Kier molecular flexibility index (Phi) is 16.9. The Labute approximate surface area is 164 Å². The van der Waals surface area contributed by atoms with Gasteiger partial charge in [0.15, 0.2) is 0 Å². The molecular formula is C24H48O2. The van der Waals surface area contributed by atoms with Gasteiger partial charge in [-0.25, -0.2) is 0 Å². The van der Waals surface area contributed by atoms with Crippen LogP contribution in [-0.4, -0.2) is 25.4 Å². The fourth-order valence-electron chi connectivity index (χ4n) is 3.48. The van der Waals surface area contributed by atoms with Crippen LogP contribution in [0.5, 0.6) is 0 Å². The SMILES string of the molecule is CCCCCCCCC1CO1.CCCCCCCCCCCCC1CO1. The Morgan fingerprint density at radius 2 is 0.731 bits per heavy atom. The molecule has 2 unspecified atom stereocenters. The van der Waals surface area contributed by atoms with Crippen LogP contribution in [0.15, 0.2) is 0 Å². The highest BCUT2D eigenvalue weighted by Crippen LogP contribution is 2.19.